The Balaban J connectivity index is 1.77. The van der Waals surface area contributed by atoms with Gasteiger partial charge in [0.05, 0.1) is 5.69 Å². The van der Waals surface area contributed by atoms with Crippen LogP contribution in [-0.2, 0) is 0 Å². The summed E-state index contributed by atoms with van der Waals surface area (Å²) in [5, 5.41) is 4.33. The first kappa shape index (κ1) is 17.5. The number of aryl methyl sites for hydroxylation is 1. The average molecular weight is 345 g/mol. The third kappa shape index (κ3) is 3.56. The van der Waals surface area contributed by atoms with Crippen LogP contribution in [0.25, 0.3) is 5.69 Å². The van der Waals surface area contributed by atoms with Gasteiger partial charge in [-0.05, 0) is 51.5 Å². The molecule has 1 amide bonds. The van der Waals surface area contributed by atoms with Crippen LogP contribution in [0.3, 0.4) is 0 Å². The number of aromatic nitrogens is 3. The number of likely N-dealkylation sites (N-methyl/N-ethyl adjacent to an activating group) is 1. The molecule has 0 bridgehead atoms. The molecular formula is C18H24FN5O. The third-order valence-electron chi connectivity index (χ3n) is 4.82. The van der Waals surface area contributed by atoms with Gasteiger partial charge in [0.25, 0.3) is 5.91 Å². The number of nitrogens with zero attached hydrogens (tertiary/aromatic N) is 5. The molecule has 1 aromatic heterocycles. The van der Waals surface area contributed by atoms with Gasteiger partial charge in [-0.25, -0.2) is 14.1 Å². The Hall–Kier alpha value is -2.28. The molecule has 25 heavy (non-hydrogen) atoms. The Bertz CT molecular complexity index is 755. The number of carbonyl (C=O) groups excluding carboxylic acids is 1. The highest BCUT2D eigenvalue weighted by molar-refractivity contribution is 5.90. The van der Waals surface area contributed by atoms with Gasteiger partial charge in [0, 0.05) is 32.2 Å². The zero-order valence-electron chi connectivity index (χ0n) is 15.1. The van der Waals surface area contributed by atoms with Crippen LogP contribution in [0.1, 0.15) is 36.7 Å². The quantitative estimate of drug-likeness (QED) is 0.853. The van der Waals surface area contributed by atoms with E-state index in [0.29, 0.717) is 17.6 Å². The van der Waals surface area contributed by atoms with Crippen molar-refractivity contribution in [2.24, 2.45) is 0 Å². The summed E-state index contributed by atoms with van der Waals surface area (Å²) in [6.45, 7) is 7.98. The molecule has 2 aromatic rings. The second kappa shape index (κ2) is 6.92. The molecule has 0 saturated carbocycles. The van der Waals surface area contributed by atoms with E-state index < -0.39 is 0 Å². The monoisotopic (exact) mass is 345 g/mol. The smallest absolute Gasteiger partial charge is 0.293 e. The zero-order valence-corrected chi connectivity index (χ0v) is 15.1. The summed E-state index contributed by atoms with van der Waals surface area (Å²) >= 11 is 0. The van der Waals surface area contributed by atoms with Crippen molar-refractivity contribution in [3.8, 4) is 5.69 Å². The Morgan fingerprint density at radius 3 is 2.60 bits per heavy atom. The summed E-state index contributed by atoms with van der Waals surface area (Å²) < 4.78 is 14.7. The van der Waals surface area contributed by atoms with E-state index in [1.807, 2.05) is 7.05 Å². The fourth-order valence-corrected chi connectivity index (χ4v) is 3.18. The van der Waals surface area contributed by atoms with E-state index in [9.17, 15) is 9.18 Å². The van der Waals surface area contributed by atoms with Crippen molar-refractivity contribution in [1.29, 1.82) is 0 Å². The number of likely N-dealkylation sites (tertiary alicyclic amines) is 1. The molecule has 134 valence electrons. The van der Waals surface area contributed by atoms with E-state index in [1.54, 1.807) is 28.6 Å². The van der Waals surface area contributed by atoms with Gasteiger partial charge in [0.15, 0.2) is 0 Å². The van der Waals surface area contributed by atoms with Gasteiger partial charge in [-0.2, -0.15) is 0 Å². The van der Waals surface area contributed by atoms with Crippen LogP contribution in [0.15, 0.2) is 24.3 Å². The van der Waals surface area contributed by atoms with Gasteiger partial charge >= 0.3 is 0 Å². The van der Waals surface area contributed by atoms with Crippen LogP contribution in [0.4, 0.5) is 4.39 Å². The Labute approximate surface area is 147 Å². The highest BCUT2D eigenvalue weighted by Crippen LogP contribution is 2.18. The van der Waals surface area contributed by atoms with Crippen LogP contribution in [0, 0.1) is 12.7 Å². The molecule has 0 radical (unpaired) electrons. The molecule has 1 saturated heterocycles. The first-order valence-corrected chi connectivity index (χ1v) is 8.57. The van der Waals surface area contributed by atoms with Crippen molar-refractivity contribution in [2.75, 3.05) is 20.1 Å². The third-order valence-corrected chi connectivity index (χ3v) is 4.82. The Morgan fingerprint density at radius 1 is 1.32 bits per heavy atom. The summed E-state index contributed by atoms with van der Waals surface area (Å²) in [5.74, 6) is 0.277. The van der Waals surface area contributed by atoms with Crippen LogP contribution >= 0.6 is 0 Å². The SMILES string of the molecule is Cc1nc(C(=O)N(C)C2CCN(C(C)C)C2)nn1-c1ccc(F)cc1. The number of halogens is 1. The number of rotatable bonds is 4. The molecule has 0 spiro atoms. The fraction of sp³-hybridized carbons (Fsp3) is 0.500. The minimum atomic E-state index is -0.312. The van der Waals surface area contributed by atoms with Gasteiger partial charge in [0.2, 0.25) is 5.82 Å². The van der Waals surface area contributed by atoms with Gasteiger partial charge in [-0.15, -0.1) is 5.10 Å². The average Bonchev–Trinajstić information content (AvgIpc) is 3.21. The first-order chi connectivity index (χ1) is 11.9. The van der Waals surface area contributed by atoms with Gasteiger partial charge < -0.3 is 4.90 Å². The van der Waals surface area contributed by atoms with Gasteiger partial charge in [0.1, 0.15) is 11.6 Å². The summed E-state index contributed by atoms with van der Waals surface area (Å²) in [5.41, 5.74) is 0.681. The molecule has 0 aliphatic carbocycles. The summed E-state index contributed by atoms with van der Waals surface area (Å²) in [6, 6.07) is 6.62. The van der Waals surface area contributed by atoms with E-state index in [1.165, 1.54) is 12.1 Å². The first-order valence-electron chi connectivity index (χ1n) is 8.57. The number of carbonyl (C=O) groups is 1. The lowest BCUT2D eigenvalue weighted by molar-refractivity contribution is 0.0720. The zero-order chi connectivity index (χ0) is 18.1. The number of amides is 1. The fourth-order valence-electron chi connectivity index (χ4n) is 3.18. The van der Waals surface area contributed by atoms with E-state index in [-0.39, 0.29) is 23.6 Å². The van der Waals surface area contributed by atoms with Crippen LogP contribution in [0.2, 0.25) is 0 Å². The molecule has 1 fully saturated rings. The van der Waals surface area contributed by atoms with E-state index in [4.69, 9.17) is 0 Å². The molecule has 7 heteroatoms. The van der Waals surface area contributed by atoms with Crippen LogP contribution in [-0.4, -0.2) is 62.7 Å². The lowest BCUT2D eigenvalue weighted by Gasteiger charge is -2.25. The minimum absolute atomic E-state index is 0.173. The molecule has 3 rings (SSSR count). The van der Waals surface area contributed by atoms with Crippen molar-refractivity contribution >= 4 is 5.91 Å². The summed E-state index contributed by atoms with van der Waals surface area (Å²) in [7, 11) is 1.81. The van der Waals surface area contributed by atoms with Gasteiger partial charge in [-0.1, -0.05) is 0 Å². The predicted molar refractivity (Wildman–Crippen MR) is 93.3 cm³/mol. The molecular weight excluding hydrogens is 321 g/mol. The van der Waals surface area contributed by atoms with Crippen molar-refractivity contribution < 1.29 is 9.18 Å². The maximum Gasteiger partial charge on any atom is 0.293 e. The largest absolute Gasteiger partial charge is 0.335 e. The molecule has 1 aliphatic rings. The molecule has 6 nitrogen and oxygen atoms in total. The number of hydrogen-bond donors (Lipinski definition) is 0. The maximum absolute atomic E-state index is 13.1. The lowest BCUT2D eigenvalue weighted by atomic mass is 10.2. The summed E-state index contributed by atoms with van der Waals surface area (Å²) in [6.07, 6.45) is 0.956. The minimum Gasteiger partial charge on any atom is -0.335 e. The molecule has 1 unspecified atom stereocenters. The number of hydrogen-bond acceptors (Lipinski definition) is 4. The Kier molecular flexibility index (Phi) is 4.85. The van der Waals surface area contributed by atoms with E-state index in [0.717, 1.165) is 19.5 Å². The molecule has 1 aromatic carbocycles. The number of benzene rings is 1. The van der Waals surface area contributed by atoms with Crippen molar-refractivity contribution in [3.05, 3.63) is 41.7 Å². The normalized spacial score (nSPS) is 18.1. The van der Waals surface area contributed by atoms with Crippen LogP contribution < -0.4 is 0 Å². The maximum atomic E-state index is 13.1. The second-order valence-electron chi connectivity index (χ2n) is 6.82. The molecule has 1 aliphatic heterocycles. The van der Waals surface area contributed by atoms with Crippen molar-refractivity contribution in [3.63, 3.8) is 0 Å². The predicted octanol–water partition coefficient (Wildman–Crippen LogP) is 2.27. The van der Waals surface area contributed by atoms with Crippen molar-refractivity contribution in [2.45, 2.75) is 39.3 Å². The summed E-state index contributed by atoms with van der Waals surface area (Å²) in [4.78, 5) is 21.2. The lowest BCUT2D eigenvalue weighted by Crippen LogP contribution is -2.40. The van der Waals surface area contributed by atoms with E-state index >= 15 is 0 Å². The molecule has 1 atom stereocenters. The van der Waals surface area contributed by atoms with Crippen molar-refractivity contribution in [1.82, 2.24) is 24.6 Å². The van der Waals surface area contributed by atoms with Crippen LogP contribution in [0.5, 0.6) is 0 Å². The van der Waals surface area contributed by atoms with E-state index in [2.05, 4.69) is 28.8 Å². The topological polar surface area (TPSA) is 54.3 Å². The Morgan fingerprint density at radius 2 is 2.00 bits per heavy atom. The highest BCUT2D eigenvalue weighted by Gasteiger charge is 2.31. The molecule has 0 N–H and O–H groups in total. The highest BCUT2D eigenvalue weighted by atomic mass is 19.1. The van der Waals surface area contributed by atoms with Gasteiger partial charge in [-0.3, -0.25) is 9.69 Å². The standard InChI is InChI=1S/C18H24FN5O/c1-12(2)23-10-9-16(11-23)22(4)18(25)17-20-13(3)24(21-17)15-7-5-14(19)6-8-15/h5-8,12,16H,9-11H2,1-4H3. The molecule has 2 heterocycles. The second-order valence-corrected chi connectivity index (χ2v) is 6.82.